The molecule has 0 N–H and O–H groups in total. The van der Waals surface area contributed by atoms with E-state index in [1.54, 1.807) is 6.07 Å². The quantitative estimate of drug-likeness (QED) is 0.250. The maximum atomic E-state index is 13.3. The van der Waals surface area contributed by atoms with Crippen molar-refractivity contribution in [3.05, 3.63) is 101 Å². The highest BCUT2D eigenvalue weighted by Crippen LogP contribution is 2.37. The van der Waals surface area contributed by atoms with Crippen molar-refractivity contribution in [2.45, 2.75) is 18.8 Å². The zero-order valence-corrected chi connectivity index (χ0v) is 19.7. The summed E-state index contributed by atoms with van der Waals surface area (Å²) in [6.45, 7) is 1.02. The Balaban J connectivity index is 0.00000361. The number of carbonyl (C=O) groups is 1. The number of hydrogen-bond acceptors (Lipinski definition) is 2. The normalized spacial score (nSPS) is 14.7. The van der Waals surface area contributed by atoms with Crippen LogP contribution in [0.2, 0.25) is 0 Å². The van der Waals surface area contributed by atoms with Crippen molar-refractivity contribution in [1.29, 1.82) is 0 Å². The predicted molar refractivity (Wildman–Crippen MR) is 129 cm³/mol. The molecule has 4 rings (SSSR count). The Morgan fingerprint density at radius 3 is 2.11 bits per heavy atom. The summed E-state index contributed by atoms with van der Waals surface area (Å²) in [7, 11) is 0. The van der Waals surface area contributed by atoms with Gasteiger partial charge in [-0.3, -0.25) is 9.69 Å². The Hall–Kier alpha value is -3.10. The molecule has 3 aromatic rings. The number of carbonyl (C=O) groups excluding carboxylic acids is 1. The number of rotatable bonds is 5. The van der Waals surface area contributed by atoms with Crippen molar-refractivity contribution >= 4 is 23.8 Å². The Morgan fingerprint density at radius 2 is 1.50 bits per heavy atom. The first kappa shape index (κ1) is 27.5. The number of ketones is 1. The molecule has 0 bridgehead atoms. The molecule has 0 atom stereocenters. The van der Waals surface area contributed by atoms with Gasteiger partial charge in [-0.2, -0.15) is 26.3 Å². The molecular weight excluding hydrogens is 504 g/mol. The van der Waals surface area contributed by atoms with Crippen LogP contribution in [0.25, 0.3) is 16.7 Å². The van der Waals surface area contributed by atoms with Crippen molar-refractivity contribution in [2.75, 3.05) is 19.6 Å². The molecule has 190 valence electrons. The Kier molecular flexibility index (Phi) is 8.31. The number of benzene rings is 3. The first-order chi connectivity index (χ1) is 16.5. The van der Waals surface area contributed by atoms with Gasteiger partial charge in [-0.1, -0.05) is 60.7 Å². The van der Waals surface area contributed by atoms with Crippen LogP contribution in [0, 0.1) is 0 Å². The topological polar surface area (TPSA) is 20.3 Å². The Bertz CT molecular complexity index is 1250. The fourth-order valence-electron chi connectivity index (χ4n) is 4.12. The molecule has 1 aliphatic rings. The van der Waals surface area contributed by atoms with Crippen LogP contribution in [0.3, 0.4) is 0 Å². The number of Topliss-reactive ketones (excluding diaryl/α,β-unsaturated/α-hetero) is 1. The zero-order valence-electron chi connectivity index (χ0n) is 18.9. The molecule has 9 heteroatoms. The van der Waals surface area contributed by atoms with Crippen molar-refractivity contribution in [3.63, 3.8) is 0 Å². The summed E-state index contributed by atoms with van der Waals surface area (Å²) in [5, 5.41) is 0. The van der Waals surface area contributed by atoms with E-state index in [1.807, 2.05) is 11.0 Å². The average Bonchev–Trinajstić information content (AvgIpc) is 2.84. The standard InChI is InChI=1S/C27H21F6NO.ClH/c28-26(29,30)22-5-3-4-21(16-22)18-12-14-34(15-13-18)17-25(35)20-10-8-19(9-11-20)23-6-1-2-7-24(23)27(31,32)33;/h1-12,16H,13-15,17H2;1H. The summed E-state index contributed by atoms with van der Waals surface area (Å²) in [6.07, 6.45) is -6.57. The van der Waals surface area contributed by atoms with Gasteiger partial charge in [-0.15, -0.1) is 12.4 Å². The van der Waals surface area contributed by atoms with Gasteiger partial charge in [0.25, 0.3) is 0 Å². The van der Waals surface area contributed by atoms with E-state index in [-0.39, 0.29) is 30.3 Å². The highest BCUT2D eigenvalue weighted by Gasteiger charge is 2.33. The monoisotopic (exact) mass is 525 g/mol. The van der Waals surface area contributed by atoms with Gasteiger partial charge in [0.1, 0.15) is 0 Å². The summed E-state index contributed by atoms with van der Waals surface area (Å²) in [4.78, 5) is 14.6. The molecule has 0 unspecified atom stereocenters. The third-order valence-electron chi connectivity index (χ3n) is 5.97. The molecule has 0 aromatic heterocycles. The third kappa shape index (κ3) is 6.36. The Morgan fingerprint density at radius 1 is 0.806 bits per heavy atom. The van der Waals surface area contributed by atoms with Crippen LogP contribution in [0.5, 0.6) is 0 Å². The number of alkyl halides is 6. The van der Waals surface area contributed by atoms with Crippen LogP contribution in [0.4, 0.5) is 26.3 Å². The largest absolute Gasteiger partial charge is 0.417 e. The van der Waals surface area contributed by atoms with E-state index in [0.29, 0.717) is 36.2 Å². The van der Waals surface area contributed by atoms with Gasteiger partial charge >= 0.3 is 12.4 Å². The van der Waals surface area contributed by atoms with E-state index in [0.717, 1.165) is 23.8 Å². The van der Waals surface area contributed by atoms with Crippen LogP contribution in [-0.4, -0.2) is 30.3 Å². The fraction of sp³-hybridized carbons (Fsp3) is 0.222. The van der Waals surface area contributed by atoms with Crippen LogP contribution in [0.1, 0.15) is 33.5 Å². The molecule has 0 spiro atoms. The maximum Gasteiger partial charge on any atom is 0.417 e. The number of nitrogens with zero attached hydrogens (tertiary/aromatic N) is 1. The molecule has 1 heterocycles. The highest BCUT2D eigenvalue weighted by atomic mass is 35.5. The highest BCUT2D eigenvalue weighted by molar-refractivity contribution is 5.98. The summed E-state index contributed by atoms with van der Waals surface area (Å²) >= 11 is 0. The molecule has 0 amide bonds. The lowest BCUT2D eigenvalue weighted by atomic mass is 9.96. The fourth-order valence-corrected chi connectivity index (χ4v) is 4.12. The van der Waals surface area contributed by atoms with Gasteiger partial charge < -0.3 is 0 Å². The lowest BCUT2D eigenvalue weighted by Gasteiger charge is -2.26. The van der Waals surface area contributed by atoms with Crippen molar-refractivity contribution in [2.24, 2.45) is 0 Å². The Labute approximate surface area is 210 Å². The lowest BCUT2D eigenvalue weighted by molar-refractivity contribution is -0.138. The number of hydrogen-bond donors (Lipinski definition) is 0. The van der Waals surface area contributed by atoms with Gasteiger partial charge in [-0.25, -0.2) is 0 Å². The van der Waals surface area contributed by atoms with Crippen molar-refractivity contribution < 1.29 is 31.1 Å². The number of halogens is 7. The zero-order chi connectivity index (χ0) is 25.2. The molecule has 0 radical (unpaired) electrons. The van der Waals surface area contributed by atoms with Gasteiger partial charge in [0, 0.05) is 18.7 Å². The van der Waals surface area contributed by atoms with Crippen molar-refractivity contribution in [3.8, 4) is 11.1 Å². The van der Waals surface area contributed by atoms with E-state index in [1.165, 1.54) is 48.5 Å². The van der Waals surface area contributed by atoms with Crippen LogP contribution < -0.4 is 0 Å². The van der Waals surface area contributed by atoms with Gasteiger partial charge in [0.05, 0.1) is 17.7 Å². The third-order valence-corrected chi connectivity index (χ3v) is 5.97. The molecule has 2 nitrogen and oxygen atoms in total. The lowest BCUT2D eigenvalue weighted by Crippen LogP contribution is -2.33. The molecule has 36 heavy (non-hydrogen) atoms. The predicted octanol–water partition coefficient (Wildman–Crippen LogP) is 7.79. The van der Waals surface area contributed by atoms with Crippen LogP contribution in [-0.2, 0) is 12.4 Å². The SMILES string of the molecule is Cl.O=C(CN1CC=C(c2cccc(C(F)(F)F)c2)CC1)c1ccc(-c2ccccc2C(F)(F)F)cc1. The second kappa shape index (κ2) is 10.9. The molecule has 0 fully saturated rings. The molecular formula is C27H22ClF6NO. The van der Waals surface area contributed by atoms with Gasteiger partial charge in [0.15, 0.2) is 5.78 Å². The smallest absolute Gasteiger partial charge is 0.293 e. The minimum atomic E-state index is -4.49. The molecule has 3 aromatic carbocycles. The second-order valence-corrected chi connectivity index (χ2v) is 8.34. The minimum absolute atomic E-state index is 0. The maximum absolute atomic E-state index is 13.3. The van der Waals surface area contributed by atoms with E-state index in [2.05, 4.69) is 0 Å². The van der Waals surface area contributed by atoms with Crippen LogP contribution >= 0.6 is 12.4 Å². The van der Waals surface area contributed by atoms with Crippen molar-refractivity contribution in [1.82, 2.24) is 4.90 Å². The van der Waals surface area contributed by atoms with Gasteiger partial charge in [0.2, 0.25) is 0 Å². The summed E-state index contributed by atoms with van der Waals surface area (Å²) in [6, 6.07) is 16.5. The van der Waals surface area contributed by atoms with E-state index >= 15 is 0 Å². The molecule has 0 aliphatic carbocycles. The molecule has 0 saturated heterocycles. The second-order valence-electron chi connectivity index (χ2n) is 8.34. The van der Waals surface area contributed by atoms with Crippen LogP contribution in [0.15, 0.2) is 78.9 Å². The van der Waals surface area contributed by atoms with E-state index < -0.39 is 23.5 Å². The molecule has 1 aliphatic heterocycles. The van der Waals surface area contributed by atoms with E-state index in [4.69, 9.17) is 0 Å². The van der Waals surface area contributed by atoms with Gasteiger partial charge in [-0.05, 0) is 46.9 Å². The first-order valence-corrected chi connectivity index (χ1v) is 10.9. The molecule has 0 saturated carbocycles. The first-order valence-electron chi connectivity index (χ1n) is 10.9. The summed E-state index contributed by atoms with van der Waals surface area (Å²) in [5.74, 6) is -0.184. The summed E-state index contributed by atoms with van der Waals surface area (Å²) in [5.41, 5.74) is 0.660. The average molecular weight is 526 g/mol. The van der Waals surface area contributed by atoms with E-state index in [9.17, 15) is 31.1 Å². The minimum Gasteiger partial charge on any atom is -0.293 e. The summed E-state index contributed by atoms with van der Waals surface area (Å²) < 4.78 is 78.8.